The van der Waals surface area contributed by atoms with Gasteiger partial charge in [0.2, 0.25) is 0 Å². The largest absolute Gasteiger partial charge is 0.279 e. The maximum absolute atomic E-state index is 12.6. The highest BCUT2D eigenvalue weighted by atomic mass is 32.3. The lowest BCUT2D eigenvalue weighted by Gasteiger charge is -2.18. The van der Waals surface area contributed by atoms with E-state index in [0.29, 0.717) is 9.27 Å². The molecule has 110 valence electrons. The van der Waals surface area contributed by atoms with Crippen molar-refractivity contribution in [3.8, 4) is 0 Å². The molecule has 2 aromatic carbocycles. The van der Waals surface area contributed by atoms with E-state index >= 15 is 0 Å². The highest BCUT2D eigenvalue weighted by molar-refractivity contribution is 8.12. The zero-order valence-electron chi connectivity index (χ0n) is 11.4. The van der Waals surface area contributed by atoms with Crippen molar-refractivity contribution in [1.29, 1.82) is 0 Å². The van der Waals surface area contributed by atoms with Crippen LogP contribution in [0.25, 0.3) is 0 Å². The monoisotopic (exact) mass is 323 g/mol. The van der Waals surface area contributed by atoms with Crippen molar-refractivity contribution in [3.63, 3.8) is 0 Å². The van der Waals surface area contributed by atoms with E-state index in [1.54, 1.807) is 32.0 Å². The molecule has 0 bridgehead atoms. The van der Waals surface area contributed by atoms with Crippen LogP contribution in [0.15, 0.2) is 52.3 Å². The van der Waals surface area contributed by atoms with Crippen molar-refractivity contribution in [2.24, 2.45) is 0 Å². The molecular weight excluding hydrogens is 310 g/mol. The third-order valence-electron chi connectivity index (χ3n) is 3.40. The highest BCUT2D eigenvalue weighted by Gasteiger charge is 2.47. The van der Waals surface area contributed by atoms with Gasteiger partial charge >= 0.3 is 0 Å². The summed E-state index contributed by atoms with van der Waals surface area (Å²) >= 11 is 0. The number of benzene rings is 2. The molecule has 21 heavy (non-hydrogen) atoms. The second kappa shape index (κ2) is 4.32. The van der Waals surface area contributed by atoms with Crippen LogP contribution in [-0.2, 0) is 20.0 Å². The van der Waals surface area contributed by atoms with Crippen LogP contribution in [0, 0.1) is 13.8 Å². The average Bonchev–Trinajstić information content (AvgIpc) is 2.57. The number of anilines is 1. The predicted octanol–water partition coefficient (Wildman–Crippen LogP) is 2.20. The molecule has 0 saturated heterocycles. The van der Waals surface area contributed by atoms with Gasteiger partial charge in [0.25, 0.3) is 20.0 Å². The van der Waals surface area contributed by atoms with Crippen LogP contribution >= 0.6 is 0 Å². The second-order valence-electron chi connectivity index (χ2n) is 4.94. The lowest BCUT2D eigenvalue weighted by Crippen LogP contribution is -2.30. The van der Waals surface area contributed by atoms with Crippen molar-refractivity contribution in [2.75, 3.05) is 3.71 Å². The van der Waals surface area contributed by atoms with Crippen LogP contribution in [0.3, 0.4) is 0 Å². The summed E-state index contributed by atoms with van der Waals surface area (Å²) in [6.45, 7) is 3.47. The van der Waals surface area contributed by atoms with Crippen molar-refractivity contribution in [2.45, 2.75) is 23.6 Å². The Labute approximate surface area is 123 Å². The number of nitrogens with zero attached hydrogens (tertiary/aromatic N) is 1. The van der Waals surface area contributed by atoms with Gasteiger partial charge in [-0.2, -0.15) is 20.5 Å². The van der Waals surface area contributed by atoms with Gasteiger partial charge in [-0.15, -0.1) is 0 Å². The van der Waals surface area contributed by atoms with Gasteiger partial charge in [0.15, 0.2) is 0 Å². The standard InChI is InChI=1S/C14H13NO4S2/c1-10-7-8-11(2)12(9-10)15-20(16,17)13-5-3-4-6-14(13)21(15,18)19/h3-9H,1-2H3. The van der Waals surface area contributed by atoms with Crippen LogP contribution in [0.2, 0.25) is 0 Å². The number of hydrogen-bond donors (Lipinski definition) is 0. The number of aryl methyl sites for hydroxylation is 2. The highest BCUT2D eigenvalue weighted by Crippen LogP contribution is 2.41. The van der Waals surface area contributed by atoms with Gasteiger partial charge in [-0.05, 0) is 43.2 Å². The molecule has 1 aliphatic heterocycles. The minimum absolute atomic E-state index is 0.172. The molecule has 0 aromatic heterocycles. The first-order chi connectivity index (χ1) is 9.76. The number of sulfonamides is 2. The normalized spacial score (nSPS) is 18.5. The molecule has 0 aliphatic carbocycles. The van der Waals surface area contributed by atoms with E-state index in [9.17, 15) is 16.8 Å². The molecule has 0 spiro atoms. The summed E-state index contributed by atoms with van der Waals surface area (Å²) in [7, 11) is -8.20. The van der Waals surface area contributed by atoms with Crippen LogP contribution in [0.1, 0.15) is 11.1 Å². The molecule has 5 nitrogen and oxygen atoms in total. The van der Waals surface area contributed by atoms with Gasteiger partial charge in [0.05, 0.1) is 5.69 Å². The van der Waals surface area contributed by atoms with Crippen molar-refractivity contribution >= 4 is 25.7 Å². The van der Waals surface area contributed by atoms with E-state index in [4.69, 9.17) is 0 Å². The van der Waals surface area contributed by atoms with Crippen LogP contribution < -0.4 is 3.71 Å². The summed E-state index contributed by atoms with van der Waals surface area (Å²) < 4.78 is 51.0. The number of fused-ring (bicyclic) bond motifs is 1. The molecule has 1 aliphatic rings. The molecule has 0 N–H and O–H groups in total. The Hall–Kier alpha value is -1.86. The summed E-state index contributed by atoms with van der Waals surface area (Å²) in [5, 5.41) is 0. The minimum atomic E-state index is -4.10. The molecule has 3 rings (SSSR count). The molecule has 0 unspecified atom stereocenters. The molecule has 0 saturated carbocycles. The van der Waals surface area contributed by atoms with E-state index in [1.165, 1.54) is 24.3 Å². The average molecular weight is 323 g/mol. The van der Waals surface area contributed by atoms with Crippen LogP contribution in [0.5, 0.6) is 0 Å². The van der Waals surface area contributed by atoms with Crippen molar-refractivity contribution < 1.29 is 16.8 Å². The predicted molar refractivity (Wildman–Crippen MR) is 79.2 cm³/mol. The Bertz CT molecular complexity index is 894. The fourth-order valence-corrected chi connectivity index (χ4v) is 6.92. The lowest BCUT2D eigenvalue weighted by molar-refractivity contribution is 0.593. The van der Waals surface area contributed by atoms with E-state index < -0.39 is 20.0 Å². The van der Waals surface area contributed by atoms with E-state index in [1.807, 2.05) is 0 Å². The third kappa shape index (κ3) is 1.88. The van der Waals surface area contributed by atoms with Gasteiger partial charge in [-0.1, -0.05) is 24.3 Å². The van der Waals surface area contributed by atoms with E-state index in [-0.39, 0.29) is 15.5 Å². The Morgan fingerprint density at radius 3 is 1.86 bits per heavy atom. The maximum atomic E-state index is 12.6. The third-order valence-corrected chi connectivity index (χ3v) is 7.80. The molecular formula is C14H13NO4S2. The summed E-state index contributed by atoms with van der Waals surface area (Å²) in [6.07, 6.45) is 0. The SMILES string of the molecule is Cc1ccc(C)c(N2S(=O)(=O)c3ccccc3S2(=O)=O)c1. The summed E-state index contributed by atoms with van der Waals surface area (Å²) in [5.74, 6) is 0. The molecule has 0 amide bonds. The van der Waals surface area contributed by atoms with Gasteiger partial charge < -0.3 is 0 Å². The molecule has 7 heteroatoms. The summed E-state index contributed by atoms with van der Waals surface area (Å²) in [5.41, 5.74) is 1.55. The van der Waals surface area contributed by atoms with Gasteiger partial charge in [0.1, 0.15) is 9.79 Å². The zero-order valence-corrected chi connectivity index (χ0v) is 13.1. The van der Waals surface area contributed by atoms with Gasteiger partial charge in [-0.25, -0.2) is 0 Å². The topological polar surface area (TPSA) is 71.5 Å². The van der Waals surface area contributed by atoms with E-state index in [0.717, 1.165) is 5.56 Å². The molecule has 1 heterocycles. The molecule has 2 aromatic rings. The number of hydrogen-bond acceptors (Lipinski definition) is 4. The molecule has 0 fully saturated rings. The summed E-state index contributed by atoms with van der Waals surface area (Å²) in [6, 6.07) is 10.7. The van der Waals surface area contributed by atoms with Crippen LogP contribution in [0.4, 0.5) is 5.69 Å². The van der Waals surface area contributed by atoms with Gasteiger partial charge in [-0.3, -0.25) is 0 Å². The van der Waals surface area contributed by atoms with Crippen LogP contribution in [-0.4, -0.2) is 16.8 Å². The van der Waals surface area contributed by atoms with Crippen molar-refractivity contribution in [3.05, 3.63) is 53.6 Å². The molecule has 0 atom stereocenters. The maximum Gasteiger partial charge on any atom is 0.279 e. The first-order valence-corrected chi connectivity index (χ1v) is 9.11. The first kappa shape index (κ1) is 14.1. The van der Waals surface area contributed by atoms with Gasteiger partial charge in [0, 0.05) is 0 Å². The quantitative estimate of drug-likeness (QED) is 0.806. The smallest absolute Gasteiger partial charge is 0.200 e. The first-order valence-electron chi connectivity index (χ1n) is 6.23. The summed E-state index contributed by atoms with van der Waals surface area (Å²) in [4.78, 5) is -0.350. The fourth-order valence-electron chi connectivity index (χ4n) is 2.36. The Kier molecular flexibility index (Phi) is 2.90. The Morgan fingerprint density at radius 2 is 1.33 bits per heavy atom. The fraction of sp³-hybridized carbons (Fsp3) is 0.143. The Morgan fingerprint density at radius 1 is 0.810 bits per heavy atom. The lowest BCUT2D eigenvalue weighted by atomic mass is 10.1. The minimum Gasteiger partial charge on any atom is -0.200 e. The Balaban J connectivity index is 2.38. The second-order valence-corrected chi connectivity index (χ2v) is 8.69. The number of rotatable bonds is 1. The van der Waals surface area contributed by atoms with E-state index in [2.05, 4.69) is 0 Å². The molecule has 0 radical (unpaired) electrons. The zero-order chi connectivity index (χ0) is 15.4. The van der Waals surface area contributed by atoms with Crippen molar-refractivity contribution in [1.82, 2.24) is 0 Å².